The summed E-state index contributed by atoms with van der Waals surface area (Å²) in [5.74, 6) is -0.913. The first kappa shape index (κ1) is 19.2. The Bertz CT molecular complexity index is 895. The van der Waals surface area contributed by atoms with Crippen LogP contribution in [0.3, 0.4) is 0 Å². The van der Waals surface area contributed by atoms with Gasteiger partial charge >= 0.3 is 11.7 Å². The Morgan fingerprint density at radius 1 is 1.26 bits per heavy atom. The molecule has 0 bridgehead atoms. The minimum Gasteiger partial charge on any atom is -0.480 e. The Kier molecular flexibility index (Phi) is 5.65. The van der Waals surface area contributed by atoms with Gasteiger partial charge in [-0.05, 0) is 31.5 Å². The van der Waals surface area contributed by atoms with Crippen LogP contribution in [0.2, 0.25) is 0 Å². The Hall–Kier alpha value is -2.61. The van der Waals surface area contributed by atoms with Crippen LogP contribution in [0.25, 0.3) is 11.0 Å². The van der Waals surface area contributed by atoms with E-state index in [4.69, 9.17) is 5.11 Å². The molecule has 2 aromatic rings. The number of aromatic nitrogens is 2. The summed E-state index contributed by atoms with van der Waals surface area (Å²) in [4.78, 5) is 37.4. The number of hydrogen-bond acceptors (Lipinski definition) is 4. The molecular weight excluding hydrogens is 348 g/mol. The van der Waals surface area contributed by atoms with Crippen molar-refractivity contribution in [3.8, 4) is 0 Å². The van der Waals surface area contributed by atoms with Crippen molar-refractivity contribution in [1.82, 2.24) is 19.4 Å². The zero-order valence-electron chi connectivity index (χ0n) is 15.7. The lowest BCUT2D eigenvalue weighted by Gasteiger charge is -2.42. The van der Waals surface area contributed by atoms with Crippen LogP contribution in [-0.2, 0) is 23.2 Å². The molecule has 1 aromatic carbocycles. The molecule has 1 fully saturated rings. The largest absolute Gasteiger partial charge is 0.480 e. The molecule has 27 heavy (non-hydrogen) atoms. The Morgan fingerprint density at radius 2 is 1.93 bits per heavy atom. The van der Waals surface area contributed by atoms with Gasteiger partial charge in [0.1, 0.15) is 0 Å². The number of likely N-dealkylation sites (N-methyl/N-ethyl adjacent to an activating group) is 1. The molecule has 0 radical (unpaired) electrons. The van der Waals surface area contributed by atoms with Crippen molar-refractivity contribution in [2.24, 2.45) is 7.05 Å². The topological polar surface area (TPSA) is 96.6 Å². The molecule has 1 heterocycles. The first-order valence-electron chi connectivity index (χ1n) is 9.30. The number of imidazole rings is 1. The van der Waals surface area contributed by atoms with Crippen molar-refractivity contribution < 1.29 is 14.7 Å². The molecule has 3 rings (SSSR count). The lowest BCUT2D eigenvalue weighted by Crippen LogP contribution is -2.54. The zero-order chi connectivity index (χ0) is 19.6. The number of rotatable bonds is 8. The second-order valence-electron chi connectivity index (χ2n) is 7.08. The predicted molar refractivity (Wildman–Crippen MR) is 102 cm³/mol. The maximum absolute atomic E-state index is 12.4. The van der Waals surface area contributed by atoms with Gasteiger partial charge in [0.05, 0.1) is 17.6 Å². The van der Waals surface area contributed by atoms with Gasteiger partial charge in [-0.25, -0.2) is 4.79 Å². The number of benzene rings is 1. The standard InChI is InChI=1S/C19H26N4O4/c1-3-22(12-18(25)26)14-10-13(11-14)20-17(24)8-9-23-16-7-5-4-6-15(16)21(2)19(23)27/h4-7,13-14H,3,8-12H2,1-2H3,(H,20,24)(H,25,26). The van der Waals surface area contributed by atoms with Crippen molar-refractivity contribution in [2.75, 3.05) is 13.1 Å². The van der Waals surface area contributed by atoms with Crippen LogP contribution in [0.1, 0.15) is 26.2 Å². The van der Waals surface area contributed by atoms with Gasteiger partial charge in [-0.1, -0.05) is 19.1 Å². The van der Waals surface area contributed by atoms with Gasteiger partial charge in [0.25, 0.3) is 0 Å². The van der Waals surface area contributed by atoms with E-state index in [2.05, 4.69) is 5.32 Å². The van der Waals surface area contributed by atoms with Crippen LogP contribution in [0.4, 0.5) is 0 Å². The number of aryl methyl sites for hydroxylation is 2. The number of carboxylic acid groups (broad SMARTS) is 1. The van der Waals surface area contributed by atoms with E-state index in [0.717, 1.165) is 23.9 Å². The van der Waals surface area contributed by atoms with E-state index in [-0.39, 0.29) is 36.6 Å². The third-order valence-corrected chi connectivity index (χ3v) is 5.35. The third-order valence-electron chi connectivity index (χ3n) is 5.35. The fourth-order valence-corrected chi connectivity index (χ4v) is 3.77. The summed E-state index contributed by atoms with van der Waals surface area (Å²) in [6.45, 7) is 2.99. The zero-order valence-corrected chi connectivity index (χ0v) is 15.7. The number of carbonyl (C=O) groups is 2. The second kappa shape index (κ2) is 7.96. The molecule has 1 aromatic heterocycles. The molecule has 146 valence electrons. The maximum Gasteiger partial charge on any atom is 0.328 e. The number of carbonyl (C=O) groups excluding carboxylic acids is 1. The van der Waals surface area contributed by atoms with E-state index in [0.29, 0.717) is 13.1 Å². The van der Waals surface area contributed by atoms with E-state index < -0.39 is 5.97 Å². The van der Waals surface area contributed by atoms with E-state index in [1.807, 2.05) is 36.1 Å². The first-order valence-corrected chi connectivity index (χ1v) is 9.30. The van der Waals surface area contributed by atoms with Crippen LogP contribution in [0.5, 0.6) is 0 Å². The average Bonchev–Trinajstić information content (AvgIpc) is 2.85. The Labute approximate surface area is 157 Å². The summed E-state index contributed by atoms with van der Waals surface area (Å²) >= 11 is 0. The monoisotopic (exact) mass is 374 g/mol. The number of amides is 1. The normalized spacial score (nSPS) is 19.2. The number of nitrogens with zero attached hydrogens (tertiary/aromatic N) is 3. The van der Waals surface area contributed by atoms with E-state index in [1.165, 1.54) is 0 Å². The fraction of sp³-hybridized carbons (Fsp3) is 0.526. The van der Waals surface area contributed by atoms with E-state index in [1.54, 1.807) is 16.2 Å². The van der Waals surface area contributed by atoms with Gasteiger partial charge in [0, 0.05) is 32.1 Å². The molecule has 1 saturated carbocycles. The molecule has 1 aliphatic carbocycles. The van der Waals surface area contributed by atoms with Gasteiger partial charge in [-0.15, -0.1) is 0 Å². The smallest absolute Gasteiger partial charge is 0.328 e. The van der Waals surface area contributed by atoms with Crippen LogP contribution in [-0.4, -0.2) is 56.2 Å². The van der Waals surface area contributed by atoms with Crippen molar-refractivity contribution >= 4 is 22.9 Å². The highest BCUT2D eigenvalue weighted by Crippen LogP contribution is 2.25. The molecule has 0 aliphatic heterocycles. The highest BCUT2D eigenvalue weighted by Gasteiger charge is 2.34. The molecule has 8 nitrogen and oxygen atoms in total. The molecule has 0 atom stereocenters. The van der Waals surface area contributed by atoms with Crippen molar-refractivity contribution in [1.29, 1.82) is 0 Å². The summed E-state index contributed by atoms with van der Waals surface area (Å²) in [6.07, 6.45) is 1.77. The molecule has 0 unspecified atom stereocenters. The summed E-state index contributed by atoms with van der Waals surface area (Å²) in [5, 5.41) is 11.9. The number of aliphatic carboxylic acids is 1. The van der Waals surface area contributed by atoms with Crippen molar-refractivity contribution in [3.63, 3.8) is 0 Å². The lowest BCUT2D eigenvalue weighted by molar-refractivity contribution is -0.139. The van der Waals surface area contributed by atoms with Crippen LogP contribution < -0.4 is 11.0 Å². The van der Waals surface area contributed by atoms with Gasteiger partial charge in [0.15, 0.2) is 0 Å². The van der Waals surface area contributed by atoms with Crippen molar-refractivity contribution in [2.45, 2.75) is 44.8 Å². The number of carboxylic acids is 1. The summed E-state index contributed by atoms with van der Waals surface area (Å²) in [7, 11) is 1.73. The van der Waals surface area contributed by atoms with E-state index >= 15 is 0 Å². The highest BCUT2D eigenvalue weighted by molar-refractivity contribution is 5.78. The number of fused-ring (bicyclic) bond motifs is 1. The fourth-order valence-electron chi connectivity index (χ4n) is 3.77. The summed E-state index contributed by atoms with van der Waals surface area (Å²) in [6, 6.07) is 7.82. The highest BCUT2D eigenvalue weighted by atomic mass is 16.4. The van der Waals surface area contributed by atoms with Gasteiger partial charge in [0.2, 0.25) is 5.91 Å². The average molecular weight is 374 g/mol. The number of nitrogens with one attached hydrogen (secondary N) is 1. The van der Waals surface area contributed by atoms with Crippen LogP contribution in [0.15, 0.2) is 29.1 Å². The molecule has 1 aliphatic rings. The second-order valence-corrected chi connectivity index (χ2v) is 7.08. The minimum atomic E-state index is -0.829. The molecule has 2 N–H and O–H groups in total. The lowest BCUT2D eigenvalue weighted by atomic mass is 9.85. The van der Waals surface area contributed by atoms with Gasteiger partial charge < -0.3 is 10.4 Å². The Balaban J connectivity index is 1.51. The summed E-state index contributed by atoms with van der Waals surface area (Å²) < 4.78 is 3.22. The minimum absolute atomic E-state index is 0.0336. The molecule has 0 spiro atoms. The van der Waals surface area contributed by atoms with Crippen LogP contribution >= 0.6 is 0 Å². The maximum atomic E-state index is 12.4. The number of para-hydroxylation sites is 2. The predicted octanol–water partition coefficient (Wildman–Crippen LogP) is 0.784. The molecule has 0 saturated heterocycles. The Morgan fingerprint density at radius 3 is 2.56 bits per heavy atom. The SMILES string of the molecule is CCN(CC(=O)O)C1CC(NC(=O)CCn2c(=O)n(C)c3ccccc32)C1. The third kappa shape index (κ3) is 4.05. The summed E-state index contributed by atoms with van der Waals surface area (Å²) in [5.41, 5.74) is 1.55. The molecule has 8 heteroatoms. The van der Waals surface area contributed by atoms with E-state index in [9.17, 15) is 14.4 Å². The van der Waals surface area contributed by atoms with Gasteiger partial charge in [-0.3, -0.25) is 23.6 Å². The molecule has 1 amide bonds. The molecular formula is C19H26N4O4. The van der Waals surface area contributed by atoms with Crippen molar-refractivity contribution in [3.05, 3.63) is 34.7 Å². The van der Waals surface area contributed by atoms with Gasteiger partial charge in [-0.2, -0.15) is 0 Å². The first-order chi connectivity index (χ1) is 12.9. The quantitative estimate of drug-likeness (QED) is 0.712. The van der Waals surface area contributed by atoms with Crippen LogP contribution in [0, 0.1) is 0 Å². The number of hydrogen-bond donors (Lipinski definition) is 2.